The smallest absolute Gasteiger partial charge is 0.193 e. The Morgan fingerprint density at radius 1 is 1.26 bits per heavy atom. The maximum absolute atomic E-state index is 12.2. The largest absolute Gasteiger partial charge is 0.391 e. The van der Waals surface area contributed by atoms with Crippen LogP contribution in [-0.4, -0.2) is 33.3 Å². The van der Waals surface area contributed by atoms with Crippen molar-refractivity contribution in [3.63, 3.8) is 0 Å². The van der Waals surface area contributed by atoms with Gasteiger partial charge in [0.15, 0.2) is 5.12 Å². The Hall–Kier alpha value is -1.28. The summed E-state index contributed by atoms with van der Waals surface area (Å²) in [5, 5.41) is 9.66. The number of aliphatic hydroxyl groups excluding tert-OH is 1. The molecule has 0 aliphatic carbocycles. The number of rotatable bonds is 5. The maximum atomic E-state index is 12.2. The maximum Gasteiger partial charge on any atom is 0.193 e. The molecule has 0 aliphatic heterocycles. The Kier molecular flexibility index (Phi) is 7.84. The molecule has 1 aromatic carbocycles. The predicted octanol–water partition coefficient (Wildman–Crippen LogP) is 3.64. The first-order valence-electron chi connectivity index (χ1n) is 7.79. The molecule has 0 aromatic heterocycles. The quantitative estimate of drug-likeness (QED) is 0.835. The number of hydrogen-bond acceptors (Lipinski definition) is 4. The van der Waals surface area contributed by atoms with E-state index in [4.69, 9.17) is 4.74 Å². The van der Waals surface area contributed by atoms with Crippen LogP contribution in [0.15, 0.2) is 30.3 Å². The van der Waals surface area contributed by atoms with E-state index in [0.717, 1.165) is 5.56 Å². The van der Waals surface area contributed by atoms with Crippen molar-refractivity contribution in [1.82, 2.24) is 0 Å². The SMILES string of the molecule is C[C@H](O)[C@@H](C)O[C@H](C#Cc1ccccc1)CC(=O)SC(C)(C)C. The van der Waals surface area contributed by atoms with Gasteiger partial charge in [-0.15, -0.1) is 0 Å². The zero-order chi connectivity index (χ0) is 17.5. The van der Waals surface area contributed by atoms with Gasteiger partial charge in [-0.05, 0) is 26.0 Å². The summed E-state index contributed by atoms with van der Waals surface area (Å²) < 4.78 is 5.63. The molecule has 0 fully saturated rings. The second-order valence-electron chi connectivity index (χ2n) is 6.50. The molecule has 126 valence electrons. The fourth-order valence-electron chi connectivity index (χ4n) is 1.73. The van der Waals surface area contributed by atoms with E-state index in [0.29, 0.717) is 0 Å². The van der Waals surface area contributed by atoms with Crippen LogP contribution < -0.4 is 0 Å². The molecule has 0 aliphatic rings. The third-order valence-corrected chi connectivity index (χ3v) is 3.99. The van der Waals surface area contributed by atoms with Gasteiger partial charge < -0.3 is 9.84 Å². The molecule has 0 unspecified atom stereocenters. The molecule has 0 saturated heterocycles. The van der Waals surface area contributed by atoms with Crippen molar-refractivity contribution in [3.05, 3.63) is 35.9 Å². The number of thioether (sulfide) groups is 1. The summed E-state index contributed by atoms with van der Waals surface area (Å²) in [5.41, 5.74) is 0.877. The molecule has 0 radical (unpaired) electrons. The lowest BCUT2D eigenvalue weighted by Crippen LogP contribution is -2.29. The first-order valence-corrected chi connectivity index (χ1v) is 8.61. The lowest BCUT2D eigenvalue weighted by atomic mass is 10.2. The van der Waals surface area contributed by atoms with E-state index in [9.17, 15) is 9.90 Å². The Morgan fingerprint density at radius 3 is 2.39 bits per heavy atom. The highest BCUT2D eigenvalue weighted by Crippen LogP contribution is 2.26. The third-order valence-electron chi connectivity index (χ3n) is 2.98. The van der Waals surface area contributed by atoms with Gasteiger partial charge in [0.1, 0.15) is 6.10 Å². The highest BCUT2D eigenvalue weighted by Gasteiger charge is 2.22. The van der Waals surface area contributed by atoms with Gasteiger partial charge in [-0.3, -0.25) is 4.79 Å². The standard InChI is InChI=1S/C19H26O3S/c1-14(20)15(2)22-17(13-18(21)23-19(3,4)5)12-11-16-9-7-6-8-10-16/h6-10,14-15,17,20H,13H2,1-5H3/t14-,15+,17+/m0/s1. The first-order chi connectivity index (χ1) is 10.7. The zero-order valence-corrected chi connectivity index (χ0v) is 15.3. The van der Waals surface area contributed by atoms with Crippen LogP contribution in [0.5, 0.6) is 0 Å². The molecular formula is C19H26O3S. The summed E-state index contributed by atoms with van der Waals surface area (Å²) in [5.74, 6) is 6.06. The van der Waals surface area contributed by atoms with Crippen molar-refractivity contribution in [1.29, 1.82) is 0 Å². The average Bonchev–Trinajstić information content (AvgIpc) is 2.43. The van der Waals surface area contributed by atoms with Crippen molar-refractivity contribution >= 4 is 16.9 Å². The Morgan fingerprint density at radius 2 is 1.87 bits per heavy atom. The van der Waals surface area contributed by atoms with Gasteiger partial charge >= 0.3 is 0 Å². The van der Waals surface area contributed by atoms with Crippen LogP contribution in [0.2, 0.25) is 0 Å². The second kappa shape index (κ2) is 9.12. The molecule has 3 nitrogen and oxygen atoms in total. The molecule has 23 heavy (non-hydrogen) atoms. The van der Waals surface area contributed by atoms with Crippen LogP contribution in [0.4, 0.5) is 0 Å². The Labute approximate surface area is 143 Å². The van der Waals surface area contributed by atoms with Gasteiger partial charge in [0, 0.05) is 10.3 Å². The summed E-state index contributed by atoms with van der Waals surface area (Å²) in [6.07, 6.45) is -1.31. The summed E-state index contributed by atoms with van der Waals surface area (Å²) in [6, 6.07) is 9.58. The number of aliphatic hydroxyl groups is 1. The number of benzene rings is 1. The fraction of sp³-hybridized carbons (Fsp3) is 0.526. The van der Waals surface area contributed by atoms with Gasteiger partial charge in [0.05, 0.1) is 18.6 Å². The molecule has 0 amide bonds. The highest BCUT2D eigenvalue weighted by atomic mass is 32.2. The lowest BCUT2D eigenvalue weighted by molar-refractivity contribution is -0.114. The number of ether oxygens (including phenoxy) is 1. The van der Waals surface area contributed by atoms with E-state index in [2.05, 4.69) is 11.8 Å². The van der Waals surface area contributed by atoms with Crippen LogP contribution >= 0.6 is 11.8 Å². The zero-order valence-electron chi connectivity index (χ0n) is 14.5. The van der Waals surface area contributed by atoms with Crippen molar-refractivity contribution in [2.24, 2.45) is 0 Å². The topological polar surface area (TPSA) is 46.5 Å². The third kappa shape index (κ3) is 8.80. The van der Waals surface area contributed by atoms with Gasteiger partial charge in [0.25, 0.3) is 0 Å². The molecule has 1 N–H and O–H groups in total. The average molecular weight is 334 g/mol. The molecule has 1 aromatic rings. The van der Waals surface area contributed by atoms with Crippen molar-refractivity contribution in [2.75, 3.05) is 0 Å². The normalized spacial score (nSPS) is 15.2. The molecule has 0 spiro atoms. The van der Waals surface area contributed by atoms with Gasteiger partial charge in [-0.2, -0.15) is 0 Å². The first kappa shape index (κ1) is 19.8. The number of carbonyl (C=O) groups is 1. The minimum absolute atomic E-state index is 0.0441. The van der Waals surface area contributed by atoms with Crippen LogP contribution in [0.1, 0.15) is 46.6 Å². The van der Waals surface area contributed by atoms with Crippen molar-refractivity contribution in [2.45, 2.75) is 64.1 Å². The van der Waals surface area contributed by atoms with Crippen LogP contribution in [0, 0.1) is 11.8 Å². The summed E-state index contributed by atoms with van der Waals surface area (Å²) in [4.78, 5) is 12.2. The molecular weight excluding hydrogens is 308 g/mol. The van der Waals surface area contributed by atoms with Gasteiger partial charge in [-0.1, -0.05) is 62.6 Å². The lowest BCUT2D eigenvalue weighted by Gasteiger charge is -2.22. The van der Waals surface area contributed by atoms with Crippen molar-refractivity contribution in [3.8, 4) is 11.8 Å². The van der Waals surface area contributed by atoms with E-state index in [-0.39, 0.29) is 22.4 Å². The summed E-state index contributed by atoms with van der Waals surface area (Å²) in [6.45, 7) is 9.44. The molecule has 0 bridgehead atoms. The molecule has 0 saturated carbocycles. The van der Waals surface area contributed by atoms with Crippen molar-refractivity contribution < 1.29 is 14.6 Å². The summed E-state index contributed by atoms with van der Waals surface area (Å²) >= 11 is 1.29. The molecule has 3 atom stereocenters. The Bertz CT molecular complexity index is 549. The monoisotopic (exact) mass is 334 g/mol. The van der Waals surface area contributed by atoms with Gasteiger partial charge in [0.2, 0.25) is 0 Å². The Balaban J connectivity index is 2.81. The van der Waals surface area contributed by atoms with E-state index in [1.807, 2.05) is 51.1 Å². The minimum atomic E-state index is -0.610. The summed E-state index contributed by atoms with van der Waals surface area (Å²) in [7, 11) is 0. The number of carbonyl (C=O) groups excluding carboxylic acids is 1. The van der Waals surface area contributed by atoms with E-state index in [1.54, 1.807) is 13.8 Å². The highest BCUT2D eigenvalue weighted by molar-refractivity contribution is 8.14. The van der Waals surface area contributed by atoms with Gasteiger partial charge in [-0.25, -0.2) is 0 Å². The molecule has 1 rings (SSSR count). The van der Waals surface area contributed by atoms with Crippen LogP contribution in [-0.2, 0) is 9.53 Å². The van der Waals surface area contributed by atoms with E-state index >= 15 is 0 Å². The molecule has 4 heteroatoms. The fourth-order valence-corrected chi connectivity index (χ4v) is 2.64. The van der Waals surface area contributed by atoms with E-state index in [1.165, 1.54) is 11.8 Å². The van der Waals surface area contributed by atoms with E-state index < -0.39 is 12.2 Å². The second-order valence-corrected chi connectivity index (χ2v) is 8.38. The van der Waals surface area contributed by atoms with Crippen LogP contribution in [0.25, 0.3) is 0 Å². The number of hydrogen-bond donors (Lipinski definition) is 1. The minimum Gasteiger partial charge on any atom is -0.391 e. The predicted molar refractivity (Wildman–Crippen MR) is 96.3 cm³/mol. The molecule has 0 heterocycles. The van der Waals surface area contributed by atoms with Crippen LogP contribution in [0.3, 0.4) is 0 Å².